The number of rotatable bonds is 8. The Hall–Kier alpha value is -3.98. The first kappa shape index (κ1) is 23.2. The fourth-order valence-corrected chi connectivity index (χ4v) is 3.91. The lowest BCUT2D eigenvalue weighted by atomic mass is 10.1. The molecule has 3 aromatic carbocycles. The molecule has 1 aromatic heterocycles. The zero-order valence-corrected chi connectivity index (χ0v) is 19.4. The number of hydrazone groups is 1. The van der Waals surface area contributed by atoms with Crippen LogP contribution in [0, 0.1) is 5.82 Å². The average molecular weight is 476 g/mol. The van der Waals surface area contributed by atoms with E-state index < -0.39 is 0 Å². The monoisotopic (exact) mass is 475 g/mol. The summed E-state index contributed by atoms with van der Waals surface area (Å²) in [6.45, 7) is 1.74. The van der Waals surface area contributed by atoms with Crippen molar-refractivity contribution in [3.8, 4) is 22.8 Å². The van der Waals surface area contributed by atoms with Gasteiger partial charge in [-0.25, -0.2) is 9.82 Å². The van der Waals surface area contributed by atoms with Crippen LogP contribution in [0.4, 0.5) is 4.39 Å². The molecule has 1 heterocycles. The van der Waals surface area contributed by atoms with Crippen molar-refractivity contribution in [1.82, 2.24) is 20.2 Å². The molecule has 0 saturated heterocycles. The van der Waals surface area contributed by atoms with Crippen molar-refractivity contribution < 1.29 is 13.9 Å². The van der Waals surface area contributed by atoms with E-state index in [-0.39, 0.29) is 17.5 Å². The van der Waals surface area contributed by atoms with E-state index in [9.17, 15) is 9.18 Å². The average Bonchev–Trinajstić information content (AvgIpc) is 3.31. The van der Waals surface area contributed by atoms with Crippen LogP contribution in [0.15, 0.2) is 89.1 Å². The van der Waals surface area contributed by atoms with E-state index in [0.717, 1.165) is 22.6 Å². The molecule has 4 aromatic rings. The molecule has 9 heteroatoms. The lowest BCUT2D eigenvalue weighted by molar-refractivity contribution is -0.118. The minimum atomic E-state index is -0.325. The maximum atomic E-state index is 13.1. The van der Waals surface area contributed by atoms with Crippen LogP contribution in [-0.2, 0) is 4.79 Å². The normalized spacial score (nSPS) is 11.3. The summed E-state index contributed by atoms with van der Waals surface area (Å²) in [6, 6.07) is 23.2. The highest BCUT2D eigenvalue weighted by atomic mass is 32.2. The van der Waals surface area contributed by atoms with E-state index in [1.54, 1.807) is 26.2 Å². The number of carbonyl (C=O) groups is 1. The van der Waals surface area contributed by atoms with Gasteiger partial charge in [0.05, 0.1) is 18.6 Å². The van der Waals surface area contributed by atoms with Crippen molar-refractivity contribution in [3.63, 3.8) is 0 Å². The van der Waals surface area contributed by atoms with Crippen LogP contribution in [0.5, 0.6) is 5.75 Å². The van der Waals surface area contributed by atoms with Gasteiger partial charge in [-0.3, -0.25) is 9.36 Å². The molecule has 0 fully saturated rings. The lowest BCUT2D eigenvalue weighted by Crippen LogP contribution is -2.21. The number of nitrogens with zero attached hydrogens (tertiary/aromatic N) is 4. The van der Waals surface area contributed by atoms with Gasteiger partial charge in [0, 0.05) is 11.3 Å². The molecular weight excluding hydrogens is 453 g/mol. The molecule has 7 nitrogen and oxygen atoms in total. The Labute approximate surface area is 200 Å². The number of hydrogen-bond donors (Lipinski definition) is 1. The Bertz CT molecular complexity index is 1290. The van der Waals surface area contributed by atoms with Crippen molar-refractivity contribution >= 4 is 23.4 Å². The Morgan fingerprint density at radius 2 is 1.74 bits per heavy atom. The van der Waals surface area contributed by atoms with Gasteiger partial charge in [-0.1, -0.05) is 42.1 Å². The van der Waals surface area contributed by atoms with E-state index >= 15 is 0 Å². The number of benzene rings is 3. The van der Waals surface area contributed by atoms with Crippen LogP contribution < -0.4 is 10.2 Å². The molecule has 172 valence electrons. The minimum absolute atomic E-state index is 0.0910. The summed E-state index contributed by atoms with van der Waals surface area (Å²) < 4.78 is 20.2. The maximum Gasteiger partial charge on any atom is 0.250 e. The van der Waals surface area contributed by atoms with Gasteiger partial charge in [-0.05, 0) is 61.0 Å². The summed E-state index contributed by atoms with van der Waals surface area (Å²) in [7, 11) is 1.62. The zero-order chi connectivity index (χ0) is 23.9. The first-order valence-corrected chi connectivity index (χ1v) is 11.4. The number of carbonyl (C=O) groups excluding carboxylic acids is 1. The van der Waals surface area contributed by atoms with E-state index in [4.69, 9.17) is 4.74 Å². The number of nitrogens with one attached hydrogen (secondary N) is 1. The van der Waals surface area contributed by atoms with Gasteiger partial charge < -0.3 is 4.74 Å². The number of amides is 1. The highest BCUT2D eigenvalue weighted by Crippen LogP contribution is 2.28. The van der Waals surface area contributed by atoms with Crippen molar-refractivity contribution in [3.05, 3.63) is 90.2 Å². The summed E-state index contributed by atoms with van der Waals surface area (Å²) in [5.41, 5.74) is 5.59. The molecular formula is C25H22FN5O2S. The Morgan fingerprint density at radius 3 is 2.41 bits per heavy atom. The van der Waals surface area contributed by atoms with E-state index in [2.05, 4.69) is 20.7 Å². The second kappa shape index (κ2) is 10.8. The zero-order valence-electron chi connectivity index (χ0n) is 18.6. The van der Waals surface area contributed by atoms with Crippen LogP contribution in [-0.4, -0.2) is 39.2 Å². The second-order valence-electron chi connectivity index (χ2n) is 7.23. The molecule has 4 rings (SSSR count). The van der Waals surface area contributed by atoms with Gasteiger partial charge in [0.1, 0.15) is 11.6 Å². The molecule has 0 bridgehead atoms. The molecule has 0 aliphatic carbocycles. The number of para-hydroxylation sites is 1. The van der Waals surface area contributed by atoms with Gasteiger partial charge in [0.15, 0.2) is 11.0 Å². The number of ether oxygens (including phenoxy) is 1. The topological polar surface area (TPSA) is 81.4 Å². The minimum Gasteiger partial charge on any atom is -0.497 e. The first-order chi connectivity index (χ1) is 16.5. The Morgan fingerprint density at radius 1 is 1.03 bits per heavy atom. The molecule has 0 radical (unpaired) electrons. The quantitative estimate of drug-likeness (QED) is 0.227. The second-order valence-corrected chi connectivity index (χ2v) is 8.18. The summed E-state index contributed by atoms with van der Waals surface area (Å²) in [5, 5.41) is 13.4. The summed E-state index contributed by atoms with van der Waals surface area (Å²) in [4.78, 5) is 12.4. The lowest BCUT2D eigenvalue weighted by Gasteiger charge is -2.10. The molecule has 0 aliphatic heterocycles. The summed E-state index contributed by atoms with van der Waals surface area (Å²) in [5.74, 6) is 0.876. The van der Waals surface area contributed by atoms with Gasteiger partial charge in [0.25, 0.3) is 5.91 Å². The van der Waals surface area contributed by atoms with E-state index in [0.29, 0.717) is 16.7 Å². The Balaban J connectivity index is 1.51. The maximum absolute atomic E-state index is 13.1. The van der Waals surface area contributed by atoms with Crippen LogP contribution in [0.25, 0.3) is 17.1 Å². The highest BCUT2D eigenvalue weighted by Gasteiger charge is 2.17. The number of thioether (sulfide) groups is 1. The Kier molecular flexibility index (Phi) is 7.34. The number of methoxy groups -OCH3 is 1. The first-order valence-electron chi connectivity index (χ1n) is 10.4. The third-order valence-corrected chi connectivity index (χ3v) is 5.87. The molecule has 0 unspecified atom stereocenters. The van der Waals surface area contributed by atoms with Gasteiger partial charge >= 0.3 is 0 Å². The van der Waals surface area contributed by atoms with Crippen LogP contribution in [0.1, 0.15) is 12.5 Å². The molecule has 1 amide bonds. The number of halogens is 1. The van der Waals surface area contributed by atoms with Gasteiger partial charge in [-0.2, -0.15) is 5.10 Å². The SMILES string of the molecule is COc1ccc(-c2nnc(SCC(=O)N/N=C(/C)c3ccc(F)cc3)n2-c2ccccc2)cc1. The van der Waals surface area contributed by atoms with Crippen molar-refractivity contribution in [2.45, 2.75) is 12.1 Å². The third kappa shape index (κ3) is 5.49. The van der Waals surface area contributed by atoms with E-state index in [1.807, 2.05) is 59.2 Å². The smallest absolute Gasteiger partial charge is 0.250 e. The largest absolute Gasteiger partial charge is 0.497 e. The van der Waals surface area contributed by atoms with Gasteiger partial charge in [0.2, 0.25) is 0 Å². The summed E-state index contributed by atoms with van der Waals surface area (Å²) >= 11 is 1.26. The molecule has 1 N–H and O–H groups in total. The predicted octanol–water partition coefficient (Wildman–Crippen LogP) is 4.71. The predicted molar refractivity (Wildman–Crippen MR) is 131 cm³/mol. The number of aromatic nitrogens is 3. The van der Waals surface area contributed by atoms with Crippen LogP contribution in [0.2, 0.25) is 0 Å². The fraction of sp³-hybridized carbons (Fsp3) is 0.120. The molecule has 0 saturated carbocycles. The van der Waals surface area contributed by atoms with Crippen molar-refractivity contribution in [2.24, 2.45) is 5.10 Å². The third-order valence-electron chi connectivity index (χ3n) is 4.94. The van der Waals surface area contributed by atoms with Crippen molar-refractivity contribution in [1.29, 1.82) is 0 Å². The van der Waals surface area contributed by atoms with Gasteiger partial charge in [-0.15, -0.1) is 10.2 Å². The molecule has 34 heavy (non-hydrogen) atoms. The fourth-order valence-electron chi connectivity index (χ4n) is 3.16. The van der Waals surface area contributed by atoms with Crippen LogP contribution in [0.3, 0.4) is 0 Å². The highest BCUT2D eigenvalue weighted by molar-refractivity contribution is 7.99. The molecule has 0 spiro atoms. The van der Waals surface area contributed by atoms with Crippen molar-refractivity contribution in [2.75, 3.05) is 12.9 Å². The number of hydrogen-bond acceptors (Lipinski definition) is 6. The summed E-state index contributed by atoms with van der Waals surface area (Å²) in [6.07, 6.45) is 0. The van der Waals surface area contributed by atoms with E-state index in [1.165, 1.54) is 23.9 Å². The molecule has 0 aliphatic rings. The standard InChI is InChI=1S/C25H22FN5O2S/c1-17(18-8-12-20(26)13-9-18)27-28-23(32)16-34-25-30-29-24(19-10-14-22(33-2)15-11-19)31(25)21-6-4-3-5-7-21/h3-15H,16H2,1-2H3,(H,28,32)/b27-17-. The molecule has 0 atom stereocenters. The van der Waals surface area contributed by atoms with Crippen LogP contribution >= 0.6 is 11.8 Å².